The highest BCUT2D eigenvalue weighted by Crippen LogP contribution is 2.27. The van der Waals surface area contributed by atoms with Gasteiger partial charge < -0.3 is 20.9 Å². The van der Waals surface area contributed by atoms with Gasteiger partial charge in [0.2, 0.25) is 5.91 Å². The van der Waals surface area contributed by atoms with Crippen LogP contribution < -0.4 is 16.0 Å². The highest BCUT2D eigenvalue weighted by atomic mass is 16.1. The Morgan fingerprint density at radius 1 is 0.963 bits per heavy atom. The van der Waals surface area contributed by atoms with Gasteiger partial charge in [0, 0.05) is 32.6 Å². The van der Waals surface area contributed by atoms with Gasteiger partial charge in [-0.1, -0.05) is 25.7 Å². The van der Waals surface area contributed by atoms with Crippen LogP contribution in [0.15, 0.2) is 4.99 Å². The molecule has 0 atom stereocenters. The average molecular weight is 380 g/mol. The molecule has 27 heavy (non-hydrogen) atoms. The summed E-state index contributed by atoms with van der Waals surface area (Å²) in [5, 5.41) is 9.65. The van der Waals surface area contributed by atoms with Crippen molar-refractivity contribution >= 4 is 11.9 Å². The quantitative estimate of drug-likeness (QED) is 0.310. The molecule has 1 aliphatic carbocycles. The van der Waals surface area contributed by atoms with E-state index in [1.165, 1.54) is 64.5 Å². The van der Waals surface area contributed by atoms with E-state index in [4.69, 9.17) is 0 Å². The summed E-state index contributed by atoms with van der Waals surface area (Å²) >= 11 is 0. The van der Waals surface area contributed by atoms with Crippen LogP contribution in [-0.2, 0) is 4.79 Å². The summed E-state index contributed by atoms with van der Waals surface area (Å²) in [4.78, 5) is 19.2. The number of hydrogen-bond acceptors (Lipinski definition) is 3. The molecule has 6 nitrogen and oxygen atoms in total. The summed E-state index contributed by atoms with van der Waals surface area (Å²) in [7, 11) is 0. The highest BCUT2D eigenvalue weighted by molar-refractivity contribution is 5.80. The summed E-state index contributed by atoms with van der Waals surface area (Å²) in [6.07, 6.45) is 12.3. The second kappa shape index (κ2) is 13.8. The molecule has 0 aromatic rings. The zero-order chi connectivity index (χ0) is 19.2. The average Bonchev–Trinajstić information content (AvgIpc) is 3.03. The molecule has 2 aliphatic rings. The van der Waals surface area contributed by atoms with Gasteiger partial charge in [0.1, 0.15) is 0 Å². The van der Waals surface area contributed by atoms with Crippen molar-refractivity contribution in [3.8, 4) is 0 Å². The SMILES string of the molecule is CCNC(=NCCCN1CCCCCC1)NCCNC(=O)CC1CCCC1. The van der Waals surface area contributed by atoms with Gasteiger partial charge in [0.15, 0.2) is 5.96 Å². The fourth-order valence-corrected chi connectivity index (χ4v) is 4.12. The van der Waals surface area contributed by atoms with Crippen molar-refractivity contribution in [1.82, 2.24) is 20.9 Å². The van der Waals surface area contributed by atoms with Crippen molar-refractivity contribution < 1.29 is 4.79 Å². The number of carbonyl (C=O) groups is 1. The molecular weight excluding hydrogens is 338 g/mol. The molecular formula is C21H41N5O. The van der Waals surface area contributed by atoms with Gasteiger partial charge in [-0.05, 0) is 64.6 Å². The Kier molecular flexibility index (Phi) is 11.2. The van der Waals surface area contributed by atoms with Crippen molar-refractivity contribution in [1.29, 1.82) is 0 Å². The maximum Gasteiger partial charge on any atom is 0.220 e. The highest BCUT2D eigenvalue weighted by Gasteiger charge is 2.17. The Morgan fingerprint density at radius 2 is 1.67 bits per heavy atom. The Morgan fingerprint density at radius 3 is 2.37 bits per heavy atom. The topological polar surface area (TPSA) is 68.8 Å². The number of nitrogens with one attached hydrogen (secondary N) is 3. The Labute approximate surface area is 165 Å². The van der Waals surface area contributed by atoms with Gasteiger partial charge in [0.25, 0.3) is 0 Å². The molecule has 156 valence electrons. The van der Waals surface area contributed by atoms with Crippen LogP contribution in [0, 0.1) is 5.92 Å². The fourth-order valence-electron chi connectivity index (χ4n) is 4.12. The van der Waals surface area contributed by atoms with Crippen molar-refractivity contribution in [2.24, 2.45) is 10.9 Å². The van der Waals surface area contributed by atoms with Crippen LogP contribution in [0.1, 0.15) is 71.1 Å². The molecule has 1 aliphatic heterocycles. The molecule has 0 aromatic carbocycles. The number of guanidine groups is 1. The van der Waals surface area contributed by atoms with Crippen LogP contribution in [0.25, 0.3) is 0 Å². The van der Waals surface area contributed by atoms with Gasteiger partial charge in [-0.2, -0.15) is 0 Å². The van der Waals surface area contributed by atoms with Crippen LogP contribution in [-0.4, -0.2) is 62.6 Å². The number of rotatable bonds is 10. The predicted molar refractivity (Wildman–Crippen MR) is 113 cm³/mol. The standard InChI is InChI=1S/C21H41N5O/c1-2-22-21(24-12-9-17-26-15-7-3-4-8-16-26)25-14-13-23-20(27)18-19-10-5-6-11-19/h19H,2-18H2,1H3,(H,23,27)(H2,22,24,25). The Hall–Kier alpha value is -1.30. The number of carbonyl (C=O) groups excluding carboxylic acids is 1. The number of hydrogen-bond donors (Lipinski definition) is 3. The van der Waals surface area contributed by atoms with E-state index in [0.29, 0.717) is 25.4 Å². The first-order chi connectivity index (χ1) is 13.3. The van der Waals surface area contributed by atoms with E-state index < -0.39 is 0 Å². The normalized spacial score (nSPS) is 19.7. The number of likely N-dealkylation sites (tertiary alicyclic amines) is 1. The van der Waals surface area contributed by atoms with E-state index in [1.54, 1.807) is 0 Å². The molecule has 3 N–H and O–H groups in total. The molecule has 0 unspecified atom stereocenters. The number of amides is 1. The lowest BCUT2D eigenvalue weighted by molar-refractivity contribution is -0.121. The molecule has 0 bridgehead atoms. The zero-order valence-corrected chi connectivity index (χ0v) is 17.4. The molecule has 0 aromatic heterocycles. The smallest absolute Gasteiger partial charge is 0.220 e. The van der Waals surface area contributed by atoms with Crippen LogP contribution >= 0.6 is 0 Å². The second-order valence-corrected chi connectivity index (χ2v) is 8.00. The van der Waals surface area contributed by atoms with Gasteiger partial charge in [-0.25, -0.2) is 0 Å². The molecule has 0 spiro atoms. The van der Waals surface area contributed by atoms with Crippen LogP contribution in [0.3, 0.4) is 0 Å². The summed E-state index contributed by atoms with van der Waals surface area (Å²) in [5.41, 5.74) is 0. The minimum Gasteiger partial charge on any atom is -0.357 e. The largest absolute Gasteiger partial charge is 0.357 e. The zero-order valence-electron chi connectivity index (χ0n) is 17.4. The molecule has 1 amide bonds. The van der Waals surface area contributed by atoms with E-state index >= 15 is 0 Å². The maximum atomic E-state index is 12.0. The minimum absolute atomic E-state index is 0.197. The number of aliphatic imine (C=N–C) groups is 1. The maximum absolute atomic E-state index is 12.0. The first kappa shape index (κ1) is 22.0. The van der Waals surface area contributed by atoms with E-state index in [0.717, 1.165) is 32.0 Å². The third-order valence-electron chi connectivity index (χ3n) is 5.63. The van der Waals surface area contributed by atoms with Crippen LogP contribution in [0.2, 0.25) is 0 Å². The summed E-state index contributed by atoms with van der Waals surface area (Å²) in [6.45, 7) is 8.81. The van der Waals surface area contributed by atoms with Crippen molar-refractivity contribution in [3.05, 3.63) is 0 Å². The lowest BCUT2D eigenvalue weighted by atomic mass is 10.0. The Balaban J connectivity index is 1.56. The summed E-state index contributed by atoms with van der Waals surface area (Å²) in [6, 6.07) is 0. The van der Waals surface area contributed by atoms with Crippen LogP contribution in [0.5, 0.6) is 0 Å². The number of nitrogens with zero attached hydrogens (tertiary/aromatic N) is 2. The summed E-state index contributed by atoms with van der Waals surface area (Å²) < 4.78 is 0. The lowest BCUT2D eigenvalue weighted by Crippen LogP contribution is -2.41. The van der Waals surface area contributed by atoms with Crippen molar-refractivity contribution in [3.63, 3.8) is 0 Å². The minimum atomic E-state index is 0.197. The van der Waals surface area contributed by atoms with E-state index in [2.05, 4.69) is 32.8 Å². The van der Waals surface area contributed by atoms with Crippen LogP contribution in [0.4, 0.5) is 0 Å². The van der Waals surface area contributed by atoms with Gasteiger partial charge >= 0.3 is 0 Å². The predicted octanol–water partition coefficient (Wildman–Crippen LogP) is 2.50. The molecule has 0 radical (unpaired) electrons. The first-order valence-electron chi connectivity index (χ1n) is 11.3. The molecule has 2 rings (SSSR count). The van der Waals surface area contributed by atoms with Gasteiger partial charge in [0.05, 0.1) is 0 Å². The van der Waals surface area contributed by atoms with E-state index in [9.17, 15) is 4.79 Å². The first-order valence-corrected chi connectivity index (χ1v) is 11.3. The summed E-state index contributed by atoms with van der Waals surface area (Å²) in [5.74, 6) is 1.67. The molecule has 2 fully saturated rings. The third-order valence-corrected chi connectivity index (χ3v) is 5.63. The van der Waals surface area contributed by atoms with E-state index in [-0.39, 0.29) is 5.91 Å². The second-order valence-electron chi connectivity index (χ2n) is 8.00. The molecule has 6 heteroatoms. The third kappa shape index (κ3) is 9.99. The Bertz CT molecular complexity index is 426. The molecule has 1 saturated carbocycles. The lowest BCUT2D eigenvalue weighted by Gasteiger charge is -2.19. The molecule has 1 saturated heterocycles. The monoisotopic (exact) mass is 379 g/mol. The van der Waals surface area contributed by atoms with Gasteiger partial charge in [-0.3, -0.25) is 9.79 Å². The fraction of sp³-hybridized carbons (Fsp3) is 0.905. The van der Waals surface area contributed by atoms with Crippen molar-refractivity contribution in [2.75, 3.05) is 45.8 Å². The van der Waals surface area contributed by atoms with Gasteiger partial charge in [-0.15, -0.1) is 0 Å². The van der Waals surface area contributed by atoms with E-state index in [1.807, 2.05) is 0 Å². The van der Waals surface area contributed by atoms with Crippen molar-refractivity contribution in [2.45, 2.75) is 71.1 Å². The molecule has 1 heterocycles.